The Labute approximate surface area is 137 Å². The summed E-state index contributed by atoms with van der Waals surface area (Å²) >= 11 is 9.61. The van der Waals surface area contributed by atoms with Crippen molar-refractivity contribution in [3.8, 4) is 0 Å². The van der Waals surface area contributed by atoms with Crippen molar-refractivity contribution >= 4 is 44.1 Å². The Balaban J connectivity index is 1.80. The first kappa shape index (κ1) is 14.4. The predicted octanol–water partition coefficient (Wildman–Crippen LogP) is 5.57. The van der Waals surface area contributed by atoms with Crippen molar-refractivity contribution in [1.29, 1.82) is 0 Å². The molecule has 0 unspecified atom stereocenters. The molecule has 0 saturated heterocycles. The molecule has 0 saturated carbocycles. The molecule has 3 aromatic rings. The van der Waals surface area contributed by atoms with Crippen LogP contribution < -0.4 is 5.32 Å². The van der Waals surface area contributed by atoms with Crippen LogP contribution in [0.25, 0.3) is 10.9 Å². The van der Waals surface area contributed by atoms with Crippen LogP contribution in [-0.4, -0.2) is 4.98 Å². The Morgan fingerprint density at radius 2 is 1.95 bits per heavy atom. The highest BCUT2D eigenvalue weighted by Crippen LogP contribution is 2.26. The standard InChI is InChI=1S/C17H14BrClN2/c1-11-2-4-13-8-12(3-6-16(13)21-11)10-20-17-7-5-14(18)9-15(17)19/h2-9,20H,10H2,1H3. The number of rotatable bonds is 3. The molecule has 0 aliphatic rings. The molecule has 0 spiro atoms. The van der Waals surface area contributed by atoms with E-state index in [1.54, 1.807) is 0 Å². The topological polar surface area (TPSA) is 24.9 Å². The van der Waals surface area contributed by atoms with Gasteiger partial charge < -0.3 is 5.32 Å². The molecule has 0 amide bonds. The highest BCUT2D eigenvalue weighted by Gasteiger charge is 2.02. The molecule has 0 aliphatic carbocycles. The van der Waals surface area contributed by atoms with E-state index in [1.165, 1.54) is 5.56 Å². The zero-order valence-electron chi connectivity index (χ0n) is 11.5. The van der Waals surface area contributed by atoms with Gasteiger partial charge in [0.15, 0.2) is 0 Å². The molecule has 0 bridgehead atoms. The first-order chi connectivity index (χ1) is 10.1. The van der Waals surface area contributed by atoms with Gasteiger partial charge in [-0.15, -0.1) is 0 Å². The first-order valence-electron chi connectivity index (χ1n) is 6.67. The summed E-state index contributed by atoms with van der Waals surface area (Å²) in [5.74, 6) is 0. The smallest absolute Gasteiger partial charge is 0.0705 e. The van der Waals surface area contributed by atoms with Crippen LogP contribution in [0.5, 0.6) is 0 Å². The summed E-state index contributed by atoms with van der Waals surface area (Å²) in [6.07, 6.45) is 0. The second kappa shape index (κ2) is 6.04. The van der Waals surface area contributed by atoms with Gasteiger partial charge in [-0.05, 0) is 48.9 Å². The van der Waals surface area contributed by atoms with Crippen molar-refractivity contribution in [1.82, 2.24) is 4.98 Å². The van der Waals surface area contributed by atoms with Gasteiger partial charge in [-0.2, -0.15) is 0 Å². The molecule has 106 valence electrons. The molecule has 0 fully saturated rings. The van der Waals surface area contributed by atoms with Crippen molar-refractivity contribution in [2.75, 3.05) is 5.32 Å². The third kappa shape index (κ3) is 3.36. The fourth-order valence-electron chi connectivity index (χ4n) is 2.22. The lowest BCUT2D eigenvalue weighted by Crippen LogP contribution is -2.00. The van der Waals surface area contributed by atoms with Crippen LogP contribution in [0.4, 0.5) is 5.69 Å². The van der Waals surface area contributed by atoms with Crippen LogP contribution in [-0.2, 0) is 6.54 Å². The number of hydrogen-bond donors (Lipinski definition) is 1. The van der Waals surface area contributed by atoms with Crippen LogP contribution in [0.3, 0.4) is 0 Å². The molecule has 4 heteroatoms. The Morgan fingerprint density at radius 1 is 1.10 bits per heavy atom. The minimum atomic E-state index is 0.711. The number of nitrogens with zero attached hydrogens (tertiary/aromatic N) is 1. The van der Waals surface area contributed by atoms with Gasteiger partial charge in [-0.25, -0.2) is 0 Å². The molecule has 1 N–H and O–H groups in total. The Kier molecular flexibility index (Phi) is 4.13. The number of anilines is 1. The quantitative estimate of drug-likeness (QED) is 0.659. The number of benzene rings is 2. The summed E-state index contributed by atoms with van der Waals surface area (Å²) in [6.45, 7) is 2.73. The number of aryl methyl sites for hydroxylation is 1. The summed E-state index contributed by atoms with van der Waals surface area (Å²) in [5, 5.41) is 5.22. The van der Waals surface area contributed by atoms with E-state index in [2.05, 4.69) is 50.5 Å². The summed E-state index contributed by atoms with van der Waals surface area (Å²) in [6, 6.07) is 16.3. The maximum absolute atomic E-state index is 6.21. The SMILES string of the molecule is Cc1ccc2cc(CNc3ccc(Br)cc3Cl)ccc2n1. The zero-order chi connectivity index (χ0) is 14.8. The maximum atomic E-state index is 6.21. The number of pyridine rings is 1. The molecule has 0 atom stereocenters. The number of hydrogen-bond acceptors (Lipinski definition) is 2. The number of aromatic nitrogens is 1. The number of nitrogens with one attached hydrogen (secondary N) is 1. The Bertz CT molecular complexity index is 802. The number of halogens is 2. The fraction of sp³-hybridized carbons (Fsp3) is 0.118. The molecule has 2 nitrogen and oxygen atoms in total. The van der Waals surface area contributed by atoms with Crippen molar-refractivity contribution in [3.05, 3.63) is 69.3 Å². The van der Waals surface area contributed by atoms with E-state index in [9.17, 15) is 0 Å². The van der Waals surface area contributed by atoms with E-state index in [-0.39, 0.29) is 0 Å². The molecule has 21 heavy (non-hydrogen) atoms. The molecular weight excluding hydrogens is 348 g/mol. The lowest BCUT2D eigenvalue weighted by Gasteiger charge is -2.09. The lowest BCUT2D eigenvalue weighted by atomic mass is 10.1. The van der Waals surface area contributed by atoms with E-state index in [1.807, 2.05) is 31.2 Å². The minimum absolute atomic E-state index is 0.711. The van der Waals surface area contributed by atoms with Gasteiger partial charge in [0.05, 0.1) is 16.2 Å². The number of fused-ring (bicyclic) bond motifs is 1. The monoisotopic (exact) mass is 360 g/mol. The van der Waals surface area contributed by atoms with Gasteiger partial charge in [-0.3, -0.25) is 4.98 Å². The largest absolute Gasteiger partial charge is 0.380 e. The first-order valence-corrected chi connectivity index (χ1v) is 7.84. The molecule has 2 aromatic carbocycles. The summed E-state index contributed by atoms with van der Waals surface area (Å²) in [5.41, 5.74) is 4.20. The lowest BCUT2D eigenvalue weighted by molar-refractivity contribution is 1.15. The minimum Gasteiger partial charge on any atom is -0.380 e. The average molecular weight is 362 g/mol. The van der Waals surface area contributed by atoms with Gasteiger partial charge >= 0.3 is 0 Å². The van der Waals surface area contributed by atoms with Gasteiger partial charge in [0.25, 0.3) is 0 Å². The van der Waals surface area contributed by atoms with Gasteiger partial charge in [-0.1, -0.05) is 39.7 Å². The Hall–Kier alpha value is -1.58. The summed E-state index contributed by atoms with van der Waals surface area (Å²) in [4.78, 5) is 4.51. The van der Waals surface area contributed by atoms with E-state index in [0.29, 0.717) is 5.02 Å². The van der Waals surface area contributed by atoms with Crippen LogP contribution in [0.2, 0.25) is 5.02 Å². The second-order valence-corrected chi connectivity index (χ2v) is 6.28. The van der Waals surface area contributed by atoms with Gasteiger partial charge in [0.1, 0.15) is 0 Å². The van der Waals surface area contributed by atoms with Crippen molar-refractivity contribution < 1.29 is 0 Å². The fourth-order valence-corrected chi connectivity index (χ4v) is 2.96. The van der Waals surface area contributed by atoms with Crippen molar-refractivity contribution in [2.45, 2.75) is 13.5 Å². The summed E-state index contributed by atoms with van der Waals surface area (Å²) < 4.78 is 0.977. The van der Waals surface area contributed by atoms with Crippen molar-refractivity contribution in [3.63, 3.8) is 0 Å². The van der Waals surface area contributed by atoms with E-state index in [4.69, 9.17) is 11.6 Å². The van der Waals surface area contributed by atoms with Gasteiger partial charge in [0, 0.05) is 22.1 Å². The highest BCUT2D eigenvalue weighted by atomic mass is 79.9. The molecular formula is C17H14BrClN2. The summed E-state index contributed by atoms with van der Waals surface area (Å²) in [7, 11) is 0. The zero-order valence-corrected chi connectivity index (χ0v) is 13.9. The maximum Gasteiger partial charge on any atom is 0.0705 e. The van der Waals surface area contributed by atoms with Crippen LogP contribution in [0, 0.1) is 6.92 Å². The van der Waals surface area contributed by atoms with Crippen LogP contribution in [0.1, 0.15) is 11.3 Å². The average Bonchev–Trinajstić information content (AvgIpc) is 2.46. The Morgan fingerprint density at radius 3 is 2.76 bits per heavy atom. The highest BCUT2D eigenvalue weighted by molar-refractivity contribution is 9.10. The molecule has 1 heterocycles. The van der Waals surface area contributed by atoms with Crippen LogP contribution >= 0.6 is 27.5 Å². The second-order valence-electron chi connectivity index (χ2n) is 4.96. The normalized spacial score (nSPS) is 10.8. The third-order valence-electron chi connectivity index (χ3n) is 3.31. The predicted molar refractivity (Wildman–Crippen MR) is 93.0 cm³/mol. The molecule has 1 aromatic heterocycles. The van der Waals surface area contributed by atoms with E-state index < -0.39 is 0 Å². The van der Waals surface area contributed by atoms with Crippen LogP contribution in [0.15, 0.2) is 53.0 Å². The van der Waals surface area contributed by atoms with Crippen molar-refractivity contribution in [2.24, 2.45) is 0 Å². The molecule has 0 aliphatic heterocycles. The molecule has 3 rings (SSSR count). The van der Waals surface area contributed by atoms with Gasteiger partial charge in [0.2, 0.25) is 0 Å². The molecule has 0 radical (unpaired) electrons. The van der Waals surface area contributed by atoms with E-state index >= 15 is 0 Å². The third-order valence-corrected chi connectivity index (χ3v) is 4.11. The van der Waals surface area contributed by atoms with E-state index in [0.717, 1.165) is 33.3 Å².